The molecule has 148 valence electrons. The molecule has 0 unspecified atom stereocenters. The number of hydrogen-bond donors (Lipinski definition) is 2. The second-order valence-electron chi connectivity index (χ2n) is 6.65. The fourth-order valence-electron chi connectivity index (χ4n) is 2.88. The van der Waals surface area contributed by atoms with Gasteiger partial charge in [-0.2, -0.15) is 0 Å². The number of benzene rings is 2. The Hall–Kier alpha value is -2.90. The SMILES string of the molecule is COc1cc2nccc(Oc3ccc(NC(=S)NC4CC4)c(Cl)c3)c2cc1C=O. The predicted octanol–water partition coefficient (Wildman–Crippen LogP) is 4.95. The monoisotopic (exact) mass is 427 g/mol. The van der Waals surface area contributed by atoms with Crippen molar-refractivity contribution in [3.8, 4) is 17.2 Å². The molecule has 1 aliphatic carbocycles. The summed E-state index contributed by atoms with van der Waals surface area (Å²) in [6.07, 6.45) is 4.65. The Morgan fingerprint density at radius 2 is 2.07 bits per heavy atom. The summed E-state index contributed by atoms with van der Waals surface area (Å²) in [4.78, 5) is 15.7. The number of nitrogens with zero attached hydrogens (tertiary/aromatic N) is 1. The zero-order valence-corrected chi connectivity index (χ0v) is 17.1. The first-order chi connectivity index (χ1) is 14.1. The van der Waals surface area contributed by atoms with Gasteiger partial charge in [0.15, 0.2) is 11.4 Å². The van der Waals surface area contributed by atoms with Crippen LogP contribution in [0.5, 0.6) is 17.2 Å². The third-order valence-corrected chi connectivity index (χ3v) is 5.04. The summed E-state index contributed by atoms with van der Waals surface area (Å²) in [6.45, 7) is 0. The summed E-state index contributed by atoms with van der Waals surface area (Å²) in [5.41, 5.74) is 1.78. The molecule has 2 aromatic carbocycles. The summed E-state index contributed by atoms with van der Waals surface area (Å²) in [5.74, 6) is 1.58. The van der Waals surface area contributed by atoms with Crippen LogP contribution in [0.15, 0.2) is 42.6 Å². The Kier molecular flexibility index (Phi) is 5.51. The van der Waals surface area contributed by atoms with Gasteiger partial charge >= 0.3 is 0 Å². The lowest BCUT2D eigenvalue weighted by atomic mass is 10.1. The number of halogens is 1. The van der Waals surface area contributed by atoms with Crippen LogP contribution in [0, 0.1) is 0 Å². The molecule has 0 amide bonds. The first-order valence-electron chi connectivity index (χ1n) is 9.04. The molecule has 29 heavy (non-hydrogen) atoms. The van der Waals surface area contributed by atoms with Crippen molar-refractivity contribution in [2.75, 3.05) is 12.4 Å². The third-order valence-electron chi connectivity index (χ3n) is 4.51. The molecule has 1 fully saturated rings. The number of aromatic nitrogens is 1. The highest BCUT2D eigenvalue weighted by Gasteiger charge is 2.22. The molecule has 0 aliphatic heterocycles. The van der Waals surface area contributed by atoms with Crippen LogP contribution in [0.4, 0.5) is 5.69 Å². The standard InChI is InChI=1S/C21H18ClN3O3S/c1-27-20-10-18-15(8-12(20)11-26)19(6-7-23-18)28-14-4-5-17(16(22)9-14)25-21(29)24-13-2-3-13/h4-11,13H,2-3H2,1H3,(H2,24,25,29). The van der Waals surface area contributed by atoms with Gasteiger partial charge in [0.05, 0.1) is 28.9 Å². The quantitative estimate of drug-likeness (QED) is 0.426. The van der Waals surface area contributed by atoms with Crippen molar-refractivity contribution in [2.24, 2.45) is 0 Å². The van der Waals surface area contributed by atoms with Gasteiger partial charge in [0.2, 0.25) is 0 Å². The average Bonchev–Trinajstić information content (AvgIpc) is 3.53. The topological polar surface area (TPSA) is 72.5 Å². The van der Waals surface area contributed by atoms with Gasteiger partial charge in [0.25, 0.3) is 0 Å². The van der Waals surface area contributed by atoms with Gasteiger partial charge in [-0.3, -0.25) is 9.78 Å². The fraction of sp³-hybridized carbons (Fsp3) is 0.190. The van der Waals surface area contributed by atoms with Crippen molar-refractivity contribution in [2.45, 2.75) is 18.9 Å². The normalized spacial score (nSPS) is 13.0. The summed E-state index contributed by atoms with van der Waals surface area (Å²) >= 11 is 11.7. The van der Waals surface area contributed by atoms with Gasteiger partial charge in [-0.1, -0.05) is 11.6 Å². The zero-order valence-electron chi connectivity index (χ0n) is 15.6. The van der Waals surface area contributed by atoms with Crippen LogP contribution in [0.1, 0.15) is 23.2 Å². The Bertz CT molecular complexity index is 1100. The maximum absolute atomic E-state index is 11.4. The first kappa shape index (κ1) is 19.4. The summed E-state index contributed by atoms with van der Waals surface area (Å²) in [5, 5.41) is 8.04. The molecule has 0 radical (unpaired) electrons. The number of ether oxygens (including phenoxy) is 2. The number of rotatable bonds is 6. The van der Waals surface area contributed by atoms with Gasteiger partial charge in [-0.15, -0.1) is 0 Å². The maximum atomic E-state index is 11.4. The molecule has 8 heteroatoms. The minimum absolute atomic E-state index is 0.423. The molecular formula is C21H18ClN3O3S. The predicted molar refractivity (Wildman–Crippen MR) is 118 cm³/mol. The van der Waals surface area contributed by atoms with E-state index in [4.69, 9.17) is 33.3 Å². The Morgan fingerprint density at radius 3 is 2.76 bits per heavy atom. The highest BCUT2D eigenvalue weighted by atomic mass is 35.5. The molecule has 2 N–H and O–H groups in total. The van der Waals surface area contributed by atoms with Crippen molar-refractivity contribution >= 4 is 51.8 Å². The van der Waals surface area contributed by atoms with Crippen LogP contribution < -0.4 is 20.1 Å². The van der Waals surface area contributed by atoms with E-state index in [9.17, 15) is 4.79 Å². The van der Waals surface area contributed by atoms with Crippen LogP contribution in [-0.2, 0) is 0 Å². The van der Waals surface area contributed by atoms with Gasteiger partial charge in [-0.25, -0.2) is 0 Å². The van der Waals surface area contributed by atoms with E-state index in [0.29, 0.717) is 55.6 Å². The molecular weight excluding hydrogens is 410 g/mol. The number of anilines is 1. The van der Waals surface area contributed by atoms with Crippen LogP contribution in [0.2, 0.25) is 5.02 Å². The molecule has 1 heterocycles. The van der Waals surface area contributed by atoms with Gasteiger partial charge in [-0.05, 0) is 49.3 Å². The van der Waals surface area contributed by atoms with Crippen molar-refractivity contribution < 1.29 is 14.3 Å². The second-order valence-corrected chi connectivity index (χ2v) is 7.47. The van der Waals surface area contributed by atoms with E-state index in [2.05, 4.69) is 15.6 Å². The van der Waals surface area contributed by atoms with Crippen molar-refractivity contribution in [3.63, 3.8) is 0 Å². The molecule has 0 bridgehead atoms. The molecule has 3 aromatic rings. The summed E-state index contributed by atoms with van der Waals surface area (Å²) < 4.78 is 11.3. The number of carbonyl (C=O) groups is 1. The summed E-state index contributed by atoms with van der Waals surface area (Å²) in [7, 11) is 1.51. The number of carbonyl (C=O) groups excluding carboxylic acids is 1. The Labute approximate surface area is 178 Å². The molecule has 4 rings (SSSR count). The van der Waals surface area contributed by atoms with Crippen molar-refractivity contribution in [1.82, 2.24) is 10.3 Å². The second kappa shape index (κ2) is 8.23. The lowest BCUT2D eigenvalue weighted by molar-refractivity contribution is 0.112. The van der Waals surface area contributed by atoms with Crippen LogP contribution >= 0.6 is 23.8 Å². The molecule has 1 saturated carbocycles. The number of methoxy groups -OCH3 is 1. The van der Waals surface area contributed by atoms with E-state index in [0.717, 1.165) is 19.1 Å². The van der Waals surface area contributed by atoms with Crippen molar-refractivity contribution in [3.05, 3.63) is 53.2 Å². The number of thiocarbonyl (C=S) groups is 1. The van der Waals surface area contributed by atoms with E-state index in [1.807, 2.05) is 6.07 Å². The Morgan fingerprint density at radius 1 is 1.24 bits per heavy atom. The number of nitrogens with one attached hydrogen (secondary N) is 2. The zero-order chi connectivity index (χ0) is 20.4. The number of hydrogen-bond acceptors (Lipinski definition) is 5. The van der Waals surface area contributed by atoms with Gasteiger partial charge < -0.3 is 20.1 Å². The molecule has 1 aliphatic rings. The lowest BCUT2D eigenvalue weighted by Crippen LogP contribution is -2.30. The van der Waals surface area contributed by atoms with Crippen LogP contribution in [-0.4, -0.2) is 29.5 Å². The van der Waals surface area contributed by atoms with Gasteiger partial charge in [0.1, 0.15) is 17.2 Å². The number of fused-ring (bicyclic) bond motifs is 1. The molecule has 1 aromatic heterocycles. The maximum Gasteiger partial charge on any atom is 0.171 e. The fourth-order valence-corrected chi connectivity index (χ4v) is 3.38. The molecule has 0 saturated heterocycles. The highest BCUT2D eigenvalue weighted by molar-refractivity contribution is 7.80. The highest BCUT2D eigenvalue weighted by Crippen LogP contribution is 2.35. The largest absolute Gasteiger partial charge is 0.496 e. The minimum Gasteiger partial charge on any atom is -0.496 e. The van der Waals surface area contributed by atoms with Gasteiger partial charge in [0, 0.05) is 29.8 Å². The van der Waals surface area contributed by atoms with Crippen molar-refractivity contribution in [1.29, 1.82) is 0 Å². The first-order valence-corrected chi connectivity index (χ1v) is 9.83. The average molecular weight is 428 g/mol. The number of aldehydes is 1. The minimum atomic E-state index is 0.423. The smallest absolute Gasteiger partial charge is 0.171 e. The molecule has 6 nitrogen and oxygen atoms in total. The van der Waals surface area contributed by atoms with E-state index in [-0.39, 0.29) is 0 Å². The molecule has 0 spiro atoms. The summed E-state index contributed by atoms with van der Waals surface area (Å²) in [6, 6.07) is 10.9. The van der Waals surface area contributed by atoms with Crippen LogP contribution in [0.25, 0.3) is 10.9 Å². The third kappa shape index (κ3) is 4.41. The lowest BCUT2D eigenvalue weighted by Gasteiger charge is -2.14. The van der Waals surface area contributed by atoms with E-state index in [1.54, 1.807) is 36.5 Å². The van der Waals surface area contributed by atoms with E-state index >= 15 is 0 Å². The van der Waals surface area contributed by atoms with E-state index < -0.39 is 0 Å². The Balaban J connectivity index is 1.58. The number of pyridine rings is 1. The van der Waals surface area contributed by atoms with Crippen LogP contribution in [0.3, 0.4) is 0 Å². The van der Waals surface area contributed by atoms with E-state index in [1.165, 1.54) is 7.11 Å². The molecule has 0 atom stereocenters.